The van der Waals surface area contributed by atoms with E-state index in [-0.39, 0.29) is 6.85 Å². The molecule has 6 heteroatoms. The zero-order valence-electron chi connectivity index (χ0n) is 24.3. The Kier molecular flexibility index (Phi) is 5.84. The molecule has 3 aromatic heterocycles. The smallest absolute Gasteiger partial charge is 0.329 e. The molecule has 0 fully saturated rings. The van der Waals surface area contributed by atoms with Crippen molar-refractivity contribution in [2.75, 3.05) is 0 Å². The molecule has 45 heavy (non-hydrogen) atoms. The second-order valence-corrected chi connectivity index (χ2v) is 11.3. The van der Waals surface area contributed by atoms with Crippen molar-refractivity contribution in [2.24, 2.45) is 0 Å². The highest BCUT2D eigenvalue weighted by Crippen LogP contribution is 2.36. The number of imidazole rings is 1. The molecule has 3 heterocycles. The molecule has 0 bridgehead atoms. The molecule has 5 nitrogen and oxygen atoms in total. The summed E-state index contributed by atoms with van der Waals surface area (Å²) in [6.07, 6.45) is 3.52. The van der Waals surface area contributed by atoms with Gasteiger partial charge in [0.2, 0.25) is 0 Å². The molecule has 9 aromatic rings. The molecule has 210 valence electrons. The van der Waals surface area contributed by atoms with Crippen LogP contribution in [0.3, 0.4) is 0 Å². The largest absolute Gasteiger partial charge is 0.358 e. The summed E-state index contributed by atoms with van der Waals surface area (Å²) in [6.45, 7) is -0.138. The maximum absolute atomic E-state index is 5.35. The fourth-order valence-electron chi connectivity index (χ4n) is 6.80. The third-order valence-corrected chi connectivity index (χ3v) is 8.72. The van der Waals surface area contributed by atoms with Crippen molar-refractivity contribution in [1.29, 1.82) is 0 Å². The van der Waals surface area contributed by atoms with E-state index in [0.29, 0.717) is 0 Å². The van der Waals surface area contributed by atoms with Crippen LogP contribution in [0.15, 0.2) is 158 Å². The van der Waals surface area contributed by atoms with Gasteiger partial charge in [0.25, 0.3) is 0 Å². The number of rotatable bonds is 5. The second kappa shape index (κ2) is 10.3. The van der Waals surface area contributed by atoms with Crippen LogP contribution in [0, 0.1) is 0 Å². The van der Waals surface area contributed by atoms with Gasteiger partial charge in [0.05, 0.1) is 27.6 Å². The SMILES string of the molecule is c1ccc(B(c2ccccc2)n2c(-c3ccc4c(c3)c3ccccc3n4-c3ccccc3)nc3ccc4nccnc4c32)cc1. The molecule has 0 atom stereocenters. The summed E-state index contributed by atoms with van der Waals surface area (Å²) in [6, 6.07) is 51.4. The molecule has 0 saturated heterocycles. The number of hydrogen-bond acceptors (Lipinski definition) is 3. The molecule has 0 aliphatic rings. The quantitative estimate of drug-likeness (QED) is 0.201. The van der Waals surface area contributed by atoms with Crippen LogP contribution in [0.5, 0.6) is 0 Å². The Hall–Kier alpha value is -6.01. The van der Waals surface area contributed by atoms with Crippen molar-refractivity contribution in [2.45, 2.75) is 0 Å². The summed E-state index contributed by atoms with van der Waals surface area (Å²) < 4.78 is 4.71. The average Bonchev–Trinajstić information content (AvgIpc) is 3.66. The lowest BCUT2D eigenvalue weighted by Gasteiger charge is -2.20. The minimum absolute atomic E-state index is 0.138. The van der Waals surface area contributed by atoms with Crippen molar-refractivity contribution in [3.8, 4) is 17.1 Å². The predicted octanol–water partition coefficient (Wildman–Crippen LogP) is 7.40. The van der Waals surface area contributed by atoms with E-state index in [1.165, 1.54) is 27.2 Å². The molecule has 0 radical (unpaired) electrons. The summed E-state index contributed by atoms with van der Waals surface area (Å²) in [5.74, 6) is 0.888. The number of aromatic nitrogens is 5. The van der Waals surface area contributed by atoms with Gasteiger partial charge in [-0.15, -0.1) is 0 Å². The molecule has 0 unspecified atom stereocenters. The topological polar surface area (TPSA) is 48.5 Å². The van der Waals surface area contributed by atoms with Crippen LogP contribution in [-0.2, 0) is 0 Å². The lowest BCUT2D eigenvalue weighted by atomic mass is 9.50. The zero-order valence-corrected chi connectivity index (χ0v) is 24.3. The standard InChI is InChI=1S/C39H26BN5/c1-4-12-28(13-5-1)40(29-14-6-2-7-15-29)45-38-34(22-21-33-37(38)42-25-24-41-33)43-39(45)27-20-23-36-32(26-27)31-18-10-11-19-35(31)44(36)30-16-8-3-9-17-30/h1-26H. The highest BCUT2D eigenvalue weighted by molar-refractivity contribution is 6.84. The first-order valence-corrected chi connectivity index (χ1v) is 15.2. The summed E-state index contributed by atoms with van der Waals surface area (Å²) >= 11 is 0. The predicted molar refractivity (Wildman–Crippen MR) is 186 cm³/mol. The fourth-order valence-corrected chi connectivity index (χ4v) is 6.80. The van der Waals surface area contributed by atoms with Gasteiger partial charge in [0.15, 0.2) is 0 Å². The first-order valence-electron chi connectivity index (χ1n) is 15.2. The lowest BCUT2D eigenvalue weighted by Crippen LogP contribution is -2.49. The Morgan fingerprint density at radius 3 is 1.89 bits per heavy atom. The van der Waals surface area contributed by atoms with Crippen molar-refractivity contribution in [1.82, 2.24) is 24.0 Å². The van der Waals surface area contributed by atoms with E-state index < -0.39 is 0 Å². The van der Waals surface area contributed by atoms with E-state index in [1.54, 1.807) is 12.4 Å². The molecule has 9 rings (SSSR count). The highest BCUT2D eigenvalue weighted by Gasteiger charge is 2.29. The first-order chi connectivity index (χ1) is 22.3. The van der Waals surface area contributed by atoms with Gasteiger partial charge in [-0.1, -0.05) is 108 Å². The van der Waals surface area contributed by atoms with Gasteiger partial charge >= 0.3 is 6.85 Å². The van der Waals surface area contributed by atoms with Crippen LogP contribution in [-0.4, -0.2) is 30.8 Å². The van der Waals surface area contributed by atoms with Crippen LogP contribution >= 0.6 is 0 Å². The van der Waals surface area contributed by atoms with E-state index >= 15 is 0 Å². The molecule has 0 N–H and O–H groups in total. The zero-order chi connectivity index (χ0) is 29.7. The Morgan fingerprint density at radius 2 is 1.13 bits per heavy atom. The maximum Gasteiger partial charge on any atom is 0.329 e. The lowest BCUT2D eigenvalue weighted by molar-refractivity contribution is 1.18. The molecule has 0 amide bonds. The number of fused-ring (bicyclic) bond motifs is 6. The van der Waals surface area contributed by atoms with Crippen molar-refractivity contribution in [3.05, 3.63) is 158 Å². The molecule has 0 aliphatic heterocycles. The van der Waals surface area contributed by atoms with Gasteiger partial charge in [-0.05, 0) is 48.5 Å². The van der Waals surface area contributed by atoms with Crippen LogP contribution in [0.4, 0.5) is 0 Å². The van der Waals surface area contributed by atoms with E-state index in [4.69, 9.17) is 9.97 Å². The average molecular weight is 575 g/mol. The summed E-state index contributed by atoms with van der Waals surface area (Å²) in [5, 5.41) is 2.39. The Morgan fingerprint density at radius 1 is 0.511 bits per heavy atom. The van der Waals surface area contributed by atoms with Gasteiger partial charge in [0.1, 0.15) is 11.3 Å². The van der Waals surface area contributed by atoms with Gasteiger partial charge in [-0.2, -0.15) is 0 Å². The van der Waals surface area contributed by atoms with Gasteiger partial charge < -0.3 is 9.05 Å². The number of nitrogens with zero attached hydrogens (tertiary/aromatic N) is 5. The van der Waals surface area contributed by atoms with Crippen LogP contribution in [0.1, 0.15) is 0 Å². The first kappa shape index (κ1) is 25.5. The van der Waals surface area contributed by atoms with Gasteiger partial charge in [-0.3, -0.25) is 9.97 Å². The van der Waals surface area contributed by atoms with E-state index in [1.807, 2.05) is 6.07 Å². The minimum atomic E-state index is -0.138. The Bertz CT molecular complexity index is 2450. The minimum Gasteiger partial charge on any atom is -0.358 e. The molecule has 0 saturated carbocycles. The van der Waals surface area contributed by atoms with Crippen LogP contribution < -0.4 is 10.9 Å². The van der Waals surface area contributed by atoms with E-state index in [0.717, 1.165) is 44.7 Å². The molecule has 6 aromatic carbocycles. The third kappa shape index (κ3) is 4.07. The van der Waals surface area contributed by atoms with E-state index in [9.17, 15) is 0 Å². The number of hydrogen-bond donors (Lipinski definition) is 0. The van der Waals surface area contributed by atoms with Crippen LogP contribution in [0.2, 0.25) is 0 Å². The molecular weight excluding hydrogens is 549 g/mol. The fraction of sp³-hybridized carbons (Fsp3) is 0. The maximum atomic E-state index is 5.35. The summed E-state index contributed by atoms with van der Waals surface area (Å²) in [5.41, 5.74) is 10.4. The molecule has 0 spiro atoms. The highest BCUT2D eigenvalue weighted by atomic mass is 15.1. The summed E-state index contributed by atoms with van der Waals surface area (Å²) in [7, 11) is 0. The van der Waals surface area contributed by atoms with Crippen molar-refractivity contribution < 1.29 is 0 Å². The van der Waals surface area contributed by atoms with Crippen molar-refractivity contribution >= 4 is 61.6 Å². The van der Waals surface area contributed by atoms with Gasteiger partial charge in [0, 0.05) is 34.4 Å². The van der Waals surface area contributed by atoms with Crippen molar-refractivity contribution in [3.63, 3.8) is 0 Å². The monoisotopic (exact) mass is 575 g/mol. The van der Waals surface area contributed by atoms with E-state index in [2.05, 4.69) is 154 Å². The normalized spacial score (nSPS) is 11.6. The van der Waals surface area contributed by atoms with Crippen LogP contribution in [0.25, 0.3) is 60.9 Å². The van der Waals surface area contributed by atoms with Gasteiger partial charge in [-0.25, -0.2) is 4.98 Å². The number of benzene rings is 6. The Labute approximate surface area is 260 Å². The summed E-state index contributed by atoms with van der Waals surface area (Å²) in [4.78, 5) is 14.9. The molecular formula is C39H26BN5. The second-order valence-electron chi connectivity index (χ2n) is 11.3. The third-order valence-electron chi connectivity index (χ3n) is 8.72. The molecule has 0 aliphatic carbocycles. The number of para-hydroxylation sites is 2. The Balaban J connectivity index is 1.38.